The second-order valence-electron chi connectivity index (χ2n) is 3.77. The van der Waals surface area contributed by atoms with E-state index >= 15 is 0 Å². The summed E-state index contributed by atoms with van der Waals surface area (Å²) in [5, 5.41) is 0. The highest BCUT2D eigenvalue weighted by atomic mass is 32.2. The summed E-state index contributed by atoms with van der Waals surface area (Å²) in [6.45, 7) is 2.03. The van der Waals surface area contributed by atoms with E-state index in [-0.39, 0.29) is 0 Å². The molecule has 11 heavy (non-hydrogen) atoms. The zero-order chi connectivity index (χ0) is 7.57. The Morgan fingerprint density at radius 2 is 1.91 bits per heavy atom. The average Bonchev–Trinajstić information content (AvgIpc) is 2.07. The van der Waals surface area contributed by atoms with E-state index in [1.807, 2.05) is 0 Å². The van der Waals surface area contributed by atoms with Gasteiger partial charge in [-0.3, -0.25) is 0 Å². The molecule has 2 aliphatic rings. The van der Waals surface area contributed by atoms with Crippen LogP contribution in [0.25, 0.3) is 0 Å². The summed E-state index contributed by atoms with van der Waals surface area (Å²) in [4.78, 5) is 0. The summed E-state index contributed by atoms with van der Waals surface area (Å²) < 4.78 is 5.39. The van der Waals surface area contributed by atoms with E-state index in [1.54, 1.807) is 0 Å². The lowest BCUT2D eigenvalue weighted by Gasteiger charge is -2.39. The van der Waals surface area contributed by atoms with Gasteiger partial charge in [0.1, 0.15) is 0 Å². The SMILES string of the molecule is C1CSCC2(C1)CCOCC2. The smallest absolute Gasteiger partial charge is 0.0471 e. The maximum absolute atomic E-state index is 5.39. The van der Waals surface area contributed by atoms with Crippen LogP contribution in [-0.2, 0) is 4.74 Å². The van der Waals surface area contributed by atoms with Crippen LogP contribution < -0.4 is 0 Å². The third-order valence-corrected chi connectivity index (χ3v) is 4.35. The molecule has 0 aromatic heterocycles. The van der Waals surface area contributed by atoms with Crippen LogP contribution in [0, 0.1) is 5.41 Å². The molecule has 0 N–H and O–H groups in total. The first-order valence-corrected chi connectivity index (χ1v) is 5.72. The largest absolute Gasteiger partial charge is 0.381 e. The predicted molar refractivity (Wildman–Crippen MR) is 49.0 cm³/mol. The van der Waals surface area contributed by atoms with Gasteiger partial charge >= 0.3 is 0 Å². The Labute approximate surface area is 72.9 Å². The third kappa shape index (κ3) is 1.73. The summed E-state index contributed by atoms with van der Waals surface area (Å²) >= 11 is 2.14. The van der Waals surface area contributed by atoms with Crippen LogP contribution in [0.1, 0.15) is 25.7 Å². The number of thioether (sulfide) groups is 1. The zero-order valence-corrected chi connectivity index (χ0v) is 7.79. The van der Waals surface area contributed by atoms with Gasteiger partial charge < -0.3 is 4.74 Å². The van der Waals surface area contributed by atoms with Crippen LogP contribution in [0.15, 0.2) is 0 Å². The fourth-order valence-electron chi connectivity index (χ4n) is 2.11. The molecule has 2 saturated heterocycles. The van der Waals surface area contributed by atoms with Crippen molar-refractivity contribution in [3.63, 3.8) is 0 Å². The first kappa shape index (κ1) is 7.93. The van der Waals surface area contributed by atoms with Crippen LogP contribution in [0.2, 0.25) is 0 Å². The predicted octanol–water partition coefficient (Wildman–Crippen LogP) is 2.31. The average molecular weight is 172 g/mol. The highest BCUT2D eigenvalue weighted by molar-refractivity contribution is 7.99. The van der Waals surface area contributed by atoms with E-state index < -0.39 is 0 Å². The summed E-state index contributed by atoms with van der Waals surface area (Å²) in [5.41, 5.74) is 0.696. The maximum atomic E-state index is 5.39. The molecule has 1 spiro atoms. The molecule has 2 heteroatoms. The highest BCUT2D eigenvalue weighted by Crippen LogP contribution is 2.42. The van der Waals surface area contributed by atoms with Crippen LogP contribution in [0.5, 0.6) is 0 Å². The van der Waals surface area contributed by atoms with Crippen LogP contribution in [0.4, 0.5) is 0 Å². The molecule has 2 rings (SSSR count). The molecule has 0 aliphatic carbocycles. The van der Waals surface area contributed by atoms with Crippen molar-refractivity contribution >= 4 is 11.8 Å². The van der Waals surface area contributed by atoms with Crippen molar-refractivity contribution in [3.8, 4) is 0 Å². The van der Waals surface area contributed by atoms with Gasteiger partial charge in [-0.1, -0.05) is 0 Å². The number of hydrogen-bond donors (Lipinski definition) is 0. The molecule has 2 aliphatic heterocycles. The standard InChI is InChI=1S/C9H16OS/c1-2-9(8-11-7-1)3-5-10-6-4-9/h1-8H2. The first-order valence-electron chi connectivity index (χ1n) is 4.57. The Bertz CT molecular complexity index is 104. The Balaban J connectivity index is 1.94. The molecule has 0 saturated carbocycles. The lowest BCUT2D eigenvalue weighted by atomic mass is 9.78. The van der Waals surface area contributed by atoms with Gasteiger partial charge in [-0.2, -0.15) is 11.8 Å². The monoisotopic (exact) mass is 172 g/mol. The Hall–Kier alpha value is 0.310. The fraction of sp³-hybridized carbons (Fsp3) is 1.00. The third-order valence-electron chi connectivity index (χ3n) is 2.96. The molecular weight excluding hydrogens is 156 g/mol. The van der Waals surface area contributed by atoms with E-state index in [9.17, 15) is 0 Å². The second-order valence-corrected chi connectivity index (χ2v) is 4.87. The zero-order valence-electron chi connectivity index (χ0n) is 6.97. The van der Waals surface area contributed by atoms with Crippen molar-refractivity contribution in [2.75, 3.05) is 24.7 Å². The van der Waals surface area contributed by atoms with Crippen LogP contribution in [0.3, 0.4) is 0 Å². The van der Waals surface area contributed by atoms with E-state index in [0.717, 1.165) is 13.2 Å². The second kappa shape index (κ2) is 3.36. The number of hydrogen-bond acceptors (Lipinski definition) is 2. The fourth-order valence-corrected chi connectivity index (χ4v) is 3.47. The maximum Gasteiger partial charge on any atom is 0.0471 e. The van der Waals surface area contributed by atoms with Crippen molar-refractivity contribution in [1.82, 2.24) is 0 Å². The Kier molecular flexibility index (Phi) is 2.42. The molecule has 2 fully saturated rings. The number of ether oxygens (including phenoxy) is 1. The van der Waals surface area contributed by atoms with Gasteiger partial charge in [0, 0.05) is 13.2 Å². The van der Waals surface area contributed by atoms with Crippen LogP contribution in [-0.4, -0.2) is 24.7 Å². The highest BCUT2D eigenvalue weighted by Gasteiger charge is 2.33. The van der Waals surface area contributed by atoms with Gasteiger partial charge in [0.15, 0.2) is 0 Å². The molecular formula is C9H16OS. The van der Waals surface area contributed by atoms with Gasteiger partial charge in [0.2, 0.25) is 0 Å². The summed E-state index contributed by atoms with van der Waals surface area (Å²) in [7, 11) is 0. The van der Waals surface area contributed by atoms with Gasteiger partial charge in [-0.05, 0) is 42.6 Å². The summed E-state index contributed by atoms with van der Waals surface area (Å²) in [6, 6.07) is 0. The molecule has 0 aromatic carbocycles. The minimum absolute atomic E-state index is 0.696. The topological polar surface area (TPSA) is 9.23 Å². The van der Waals surface area contributed by atoms with Crippen molar-refractivity contribution in [2.24, 2.45) is 5.41 Å². The number of rotatable bonds is 0. The normalized spacial score (nSPS) is 30.5. The van der Waals surface area contributed by atoms with Gasteiger partial charge in [-0.15, -0.1) is 0 Å². The molecule has 64 valence electrons. The van der Waals surface area contributed by atoms with Crippen molar-refractivity contribution in [1.29, 1.82) is 0 Å². The van der Waals surface area contributed by atoms with Crippen molar-refractivity contribution < 1.29 is 4.74 Å². The first-order chi connectivity index (χ1) is 5.41. The van der Waals surface area contributed by atoms with Crippen molar-refractivity contribution in [3.05, 3.63) is 0 Å². The summed E-state index contributed by atoms with van der Waals surface area (Å²) in [5.74, 6) is 2.79. The lowest BCUT2D eigenvalue weighted by molar-refractivity contribution is 0.0207. The minimum Gasteiger partial charge on any atom is -0.381 e. The molecule has 2 heterocycles. The Morgan fingerprint density at radius 3 is 2.55 bits per heavy atom. The minimum atomic E-state index is 0.696. The molecule has 0 bridgehead atoms. The van der Waals surface area contributed by atoms with Gasteiger partial charge in [0.05, 0.1) is 0 Å². The quantitative estimate of drug-likeness (QED) is 0.554. The van der Waals surface area contributed by atoms with Crippen LogP contribution >= 0.6 is 11.8 Å². The molecule has 0 amide bonds. The molecule has 0 radical (unpaired) electrons. The molecule has 0 aromatic rings. The van der Waals surface area contributed by atoms with Crippen molar-refractivity contribution in [2.45, 2.75) is 25.7 Å². The van der Waals surface area contributed by atoms with E-state index in [0.29, 0.717) is 5.41 Å². The van der Waals surface area contributed by atoms with Gasteiger partial charge in [0.25, 0.3) is 0 Å². The summed E-state index contributed by atoms with van der Waals surface area (Å²) in [6.07, 6.45) is 5.54. The molecule has 0 unspecified atom stereocenters. The van der Waals surface area contributed by atoms with E-state index in [1.165, 1.54) is 37.2 Å². The van der Waals surface area contributed by atoms with E-state index in [4.69, 9.17) is 4.74 Å². The van der Waals surface area contributed by atoms with Gasteiger partial charge in [-0.25, -0.2) is 0 Å². The Morgan fingerprint density at radius 1 is 1.09 bits per heavy atom. The molecule has 0 atom stereocenters. The van der Waals surface area contributed by atoms with E-state index in [2.05, 4.69) is 11.8 Å². The lowest BCUT2D eigenvalue weighted by Crippen LogP contribution is -2.34. The molecule has 1 nitrogen and oxygen atoms in total.